The fourth-order valence-electron chi connectivity index (χ4n) is 2.35. The summed E-state index contributed by atoms with van der Waals surface area (Å²) < 4.78 is 10.8. The Morgan fingerprint density at radius 1 is 1.00 bits per heavy atom. The van der Waals surface area contributed by atoms with E-state index in [2.05, 4.69) is 12.1 Å². The lowest BCUT2D eigenvalue weighted by Crippen LogP contribution is -2.10. The van der Waals surface area contributed by atoms with Gasteiger partial charge in [0, 0.05) is 0 Å². The molecule has 0 bridgehead atoms. The van der Waals surface area contributed by atoms with Gasteiger partial charge in [0.05, 0.1) is 13.2 Å². The molecule has 0 fully saturated rings. The molecule has 1 aromatic heterocycles. The number of benzene rings is 2. The molecule has 3 heteroatoms. The molecular formula is C17H17NO2. The minimum Gasteiger partial charge on any atom is -0.497 e. The molecule has 3 rings (SSSR count). The number of nitrogens with two attached hydrogens (primary N) is 1. The summed E-state index contributed by atoms with van der Waals surface area (Å²) in [4.78, 5) is 0. The van der Waals surface area contributed by atoms with E-state index in [1.165, 1.54) is 0 Å². The van der Waals surface area contributed by atoms with E-state index in [0.717, 1.165) is 33.6 Å². The van der Waals surface area contributed by atoms with Crippen LogP contribution in [0.25, 0.3) is 10.8 Å². The molecule has 0 aliphatic carbocycles. The van der Waals surface area contributed by atoms with Gasteiger partial charge in [-0.1, -0.05) is 18.2 Å². The van der Waals surface area contributed by atoms with Crippen LogP contribution < -0.4 is 10.5 Å². The second kappa shape index (κ2) is 5.02. The van der Waals surface area contributed by atoms with Crippen molar-refractivity contribution >= 4 is 10.8 Å². The highest BCUT2D eigenvalue weighted by atomic mass is 16.5. The fraction of sp³-hybridized carbons (Fsp3) is 0.176. The molecule has 1 atom stereocenters. The molecule has 0 saturated carbocycles. The highest BCUT2D eigenvalue weighted by Gasteiger charge is 2.13. The van der Waals surface area contributed by atoms with Gasteiger partial charge in [0.1, 0.15) is 17.3 Å². The summed E-state index contributed by atoms with van der Waals surface area (Å²) in [6, 6.07) is 15.8. The zero-order valence-electron chi connectivity index (χ0n) is 11.6. The van der Waals surface area contributed by atoms with Gasteiger partial charge in [-0.3, -0.25) is 0 Å². The van der Waals surface area contributed by atoms with Crippen molar-refractivity contribution in [3.8, 4) is 5.75 Å². The summed E-state index contributed by atoms with van der Waals surface area (Å²) in [6.07, 6.45) is 0. The van der Waals surface area contributed by atoms with Crippen molar-refractivity contribution in [1.29, 1.82) is 0 Å². The monoisotopic (exact) mass is 267 g/mol. The maximum Gasteiger partial charge on any atom is 0.125 e. The third kappa shape index (κ3) is 2.28. The third-order valence-corrected chi connectivity index (χ3v) is 3.50. The molecule has 20 heavy (non-hydrogen) atoms. The Balaban J connectivity index is 2.00. The molecule has 0 spiro atoms. The quantitative estimate of drug-likeness (QED) is 0.785. The van der Waals surface area contributed by atoms with Gasteiger partial charge in [-0.2, -0.15) is 0 Å². The van der Waals surface area contributed by atoms with Crippen molar-refractivity contribution < 1.29 is 9.15 Å². The first-order chi connectivity index (χ1) is 9.67. The molecule has 1 unspecified atom stereocenters. The number of furan rings is 1. The lowest BCUT2D eigenvalue weighted by Gasteiger charge is -2.11. The van der Waals surface area contributed by atoms with Crippen LogP contribution in [0.5, 0.6) is 5.75 Å². The Bertz CT molecular complexity index is 746. The average molecular weight is 267 g/mol. The van der Waals surface area contributed by atoms with Crippen LogP contribution in [0, 0.1) is 6.92 Å². The van der Waals surface area contributed by atoms with Gasteiger partial charge in [-0.25, -0.2) is 0 Å². The molecule has 0 amide bonds. The first-order valence-electron chi connectivity index (χ1n) is 6.57. The fourth-order valence-corrected chi connectivity index (χ4v) is 2.35. The van der Waals surface area contributed by atoms with Gasteiger partial charge < -0.3 is 14.9 Å². The standard InChI is InChI=1S/C17H17NO2/c1-11-3-8-16(20-11)17(18)14-5-4-13-10-15(19-2)7-6-12(13)9-14/h3-10,17H,18H2,1-2H3. The number of methoxy groups -OCH3 is 1. The lowest BCUT2D eigenvalue weighted by atomic mass is 10.0. The summed E-state index contributed by atoms with van der Waals surface area (Å²) in [5.74, 6) is 2.52. The Morgan fingerprint density at radius 3 is 2.45 bits per heavy atom. The first-order valence-corrected chi connectivity index (χ1v) is 6.57. The minimum absolute atomic E-state index is 0.241. The van der Waals surface area contributed by atoms with E-state index in [0.29, 0.717) is 0 Å². The molecule has 102 valence electrons. The van der Waals surface area contributed by atoms with Crippen LogP contribution in [-0.2, 0) is 0 Å². The van der Waals surface area contributed by atoms with Gasteiger partial charge in [-0.05, 0) is 53.6 Å². The number of aryl methyl sites for hydroxylation is 1. The van der Waals surface area contributed by atoms with Crippen LogP contribution in [-0.4, -0.2) is 7.11 Å². The molecule has 3 aromatic rings. The molecule has 0 aliphatic heterocycles. The Hall–Kier alpha value is -2.26. The Kier molecular flexibility index (Phi) is 3.20. The molecule has 2 N–H and O–H groups in total. The van der Waals surface area contributed by atoms with E-state index in [4.69, 9.17) is 14.9 Å². The number of hydrogen-bond acceptors (Lipinski definition) is 3. The molecule has 3 nitrogen and oxygen atoms in total. The summed E-state index contributed by atoms with van der Waals surface area (Å²) >= 11 is 0. The summed E-state index contributed by atoms with van der Waals surface area (Å²) in [7, 11) is 1.67. The second-order valence-electron chi connectivity index (χ2n) is 4.90. The zero-order valence-corrected chi connectivity index (χ0v) is 11.6. The van der Waals surface area contributed by atoms with Crippen LogP contribution in [0.4, 0.5) is 0 Å². The van der Waals surface area contributed by atoms with E-state index in [1.807, 2.05) is 43.3 Å². The second-order valence-corrected chi connectivity index (χ2v) is 4.90. The summed E-state index contributed by atoms with van der Waals surface area (Å²) in [5.41, 5.74) is 7.30. The van der Waals surface area contributed by atoms with Crippen molar-refractivity contribution in [2.24, 2.45) is 5.73 Å². The smallest absolute Gasteiger partial charge is 0.125 e. The van der Waals surface area contributed by atoms with E-state index in [-0.39, 0.29) is 6.04 Å². The summed E-state index contributed by atoms with van der Waals surface area (Å²) in [5, 5.41) is 2.28. The Labute approximate surface area is 118 Å². The van der Waals surface area contributed by atoms with Gasteiger partial charge in [-0.15, -0.1) is 0 Å². The van der Waals surface area contributed by atoms with Gasteiger partial charge in [0.2, 0.25) is 0 Å². The van der Waals surface area contributed by atoms with Crippen molar-refractivity contribution in [2.75, 3.05) is 7.11 Å². The van der Waals surface area contributed by atoms with Crippen LogP contribution in [0.2, 0.25) is 0 Å². The molecule has 0 aliphatic rings. The van der Waals surface area contributed by atoms with Crippen LogP contribution >= 0.6 is 0 Å². The maximum atomic E-state index is 6.26. The SMILES string of the molecule is COc1ccc2cc(C(N)c3ccc(C)o3)ccc2c1. The maximum absolute atomic E-state index is 6.26. The van der Waals surface area contributed by atoms with Crippen LogP contribution in [0.3, 0.4) is 0 Å². The van der Waals surface area contributed by atoms with Gasteiger partial charge >= 0.3 is 0 Å². The van der Waals surface area contributed by atoms with Crippen molar-refractivity contribution in [2.45, 2.75) is 13.0 Å². The zero-order chi connectivity index (χ0) is 14.1. The molecule has 0 radical (unpaired) electrons. The van der Waals surface area contributed by atoms with E-state index >= 15 is 0 Å². The molecule has 0 saturated heterocycles. The van der Waals surface area contributed by atoms with E-state index < -0.39 is 0 Å². The van der Waals surface area contributed by atoms with Crippen LogP contribution in [0.15, 0.2) is 52.9 Å². The topological polar surface area (TPSA) is 48.4 Å². The molecule has 1 heterocycles. The highest BCUT2D eigenvalue weighted by Crippen LogP contribution is 2.27. The predicted molar refractivity (Wildman–Crippen MR) is 80.0 cm³/mol. The average Bonchev–Trinajstić information content (AvgIpc) is 2.92. The molecule has 2 aromatic carbocycles. The molecular weight excluding hydrogens is 250 g/mol. The number of hydrogen-bond donors (Lipinski definition) is 1. The predicted octanol–water partition coefficient (Wildman–Crippen LogP) is 3.80. The van der Waals surface area contributed by atoms with Crippen molar-refractivity contribution in [3.05, 3.63) is 65.6 Å². The third-order valence-electron chi connectivity index (χ3n) is 3.50. The van der Waals surface area contributed by atoms with Crippen molar-refractivity contribution in [3.63, 3.8) is 0 Å². The van der Waals surface area contributed by atoms with Crippen LogP contribution in [0.1, 0.15) is 23.1 Å². The Morgan fingerprint density at radius 2 is 1.75 bits per heavy atom. The summed E-state index contributed by atoms with van der Waals surface area (Å²) in [6.45, 7) is 1.92. The highest BCUT2D eigenvalue weighted by molar-refractivity contribution is 5.84. The number of rotatable bonds is 3. The number of fused-ring (bicyclic) bond motifs is 1. The van der Waals surface area contributed by atoms with E-state index in [1.54, 1.807) is 7.11 Å². The normalized spacial score (nSPS) is 12.6. The lowest BCUT2D eigenvalue weighted by molar-refractivity contribution is 0.415. The first kappa shape index (κ1) is 12.8. The minimum atomic E-state index is -0.241. The van der Waals surface area contributed by atoms with E-state index in [9.17, 15) is 0 Å². The van der Waals surface area contributed by atoms with Crippen molar-refractivity contribution in [1.82, 2.24) is 0 Å². The largest absolute Gasteiger partial charge is 0.497 e. The van der Waals surface area contributed by atoms with Gasteiger partial charge in [0.15, 0.2) is 0 Å². The van der Waals surface area contributed by atoms with Gasteiger partial charge in [0.25, 0.3) is 0 Å². The number of ether oxygens (including phenoxy) is 1.